The number of aliphatic imine (C=N–C) groups is 1. The van der Waals surface area contributed by atoms with E-state index in [2.05, 4.69) is 24.1 Å². The van der Waals surface area contributed by atoms with E-state index in [0.717, 1.165) is 77.1 Å². The number of morpholine rings is 1. The van der Waals surface area contributed by atoms with Crippen molar-refractivity contribution in [3.8, 4) is 0 Å². The molecule has 0 bridgehead atoms. The SMILES string of the molecule is CCNC(=NCCC(OCC)C1CCCC1)N1CCOC(C2CCCO2)C1. The van der Waals surface area contributed by atoms with Gasteiger partial charge in [-0.05, 0) is 51.9 Å². The van der Waals surface area contributed by atoms with Gasteiger partial charge < -0.3 is 24.4 Å². The van der Waals surface area contributed by atoms with Gasteiger partial charge in [0, 0.05) is 39.4 Å². The topological polar surface area (TPSA) is 55.3 Å². The van der Waals surface area contributed by atoms with E-state index in [1.165, 1.54) is 25.7 Å². The number of guanidine groups is 1. The molecule has 0 aromatic heterocycles. The van der Waals surface area contributed by atoms with Crippen LogP contribution in [0.4, 0.5) is 0 Å². The average molecular weight is 382 g/mol. The van der Waals surface area contributed by atoms with Gasteiger partial charge in [-0.25, -0.2) is 0 Å². The highest BCUT2D eigenvalue weighted by Crippen LogP contribution is 2.30. The standard InChI is InChI=1S/C21H39N3O3/c1-3-22-21(23-12-11-18(25-4-2)17-8-5-6-9-17)24-13-15-27-20(16-24)19-10-7-14-26-19/h17-20H,3-16H2,1-2H3,(H,22,23). The van der Waals surface area contributed by atoms with Gasteiger partial charge in [-0.3, -0.25) is 4.99 Å². The lowest BCUT2D eigenvalue weighted by Gasteiger charge is -2.37. The number of hydrogen-bond acceptors (Lipinski definition) is 4. The van der Waals surface area contributed by atoms with Crippen molar-refractivity contribution in [2.45, 2.75) is 77.1 Å². The molecular formula is C21H39N3O3. The summed E-state index contributed by atoms with van der Waals surface area (Å²) in [5, 5.41) is 3.48. The van der Waals surface area contributed by atoms with Crippen molar-refractivity contribution in [1.29, 1.82) is 0 Å². The van der Waals surface area contributed by atoms with Crippen LogP contribution in [-0.2, 0) is 14.2 Å². The van der Waals surface area contributed by atoms with Gasteiger partial charge in [0.15, 0.2) is 5.96 Å². The summed E-state index contributed by atoms with van der Waals surface area (Å²) in [5.41, 5.74) is 0. The molecule has 156 valence electrons. The van der Waals surface area contributed by atoms with Crippen molar-refractivity contribution < 1.29 is 14.2 Å². The zero-order valence-electron chi connectivity index (χ0n) is 17.3. The molecule has 6 heteroatoms. The zero-order chi connectivity index (χ0) is 18.9. The Morgan fingerprint density at radius 1 is 1.11 bits per heavy atom. The van der Waals surface area contributed by atoms with Crippen LogP contribution in [0.15, 0.2) is 4.99 Å². The van der Waals surface area contributed by atoms with Crippen molar-refractivity contribution in [2.24, 2.45) is 10.9 Å². The first-order valence-corrected chi connectivity index (χ1v) is 11.2. The first kappa shape index (κ1) is 20.9. The van der Waals surface area contributed by atoms with Crippen LogP contribution in [0.1, 0.15) is 58.8 Å². The Balaban J connectivity index is 1.54. The molecule has 2 aliphatic heterocycles. The van der Waals surface area contributed by atoms with E-state index in [-0.39, 0.29) is 12.2 Å². The summed E-state index contributed by atoms with van der Waals surface area (Å²) in [6.07, 6.45) is 9.43. The second-order valence-corrected chi connectivity index (χ2v) is 7.97. The van der Waals surface area contributed by atoms with Gasteiger partial charge in [0.2, 0.25) is 0 Å². The van der Waals surface area contributed by atoms with E-state index in [1.807, 2.05) is 0 Å². The number of nitrogens with zero attached hydrogens (tertiary/aromatic N) is 2. The fraction of sp³-hybridized carbons (Fsp3) is 0.952. The molecule has 1 saturated carbocycles. The molecule has 0 aromatic carbocycles. The van der Waals surface area contributed by atoms with E-state index in [9.17, 15) is 0 Å². The average Bonchev–Trinajstić information content (AvgIpc) is 3.40. The fourth-order valence-corrected chi connectivity index (χ4v) is 4.71. The third-order valence-corrected chi connectivity index (χ3v) is 6.09. The Morgan fingerprint density at radius 3 is 2.63 bits per heavy atom. The van der Waals surface area contributed by atoms with Gasteiger partial charge >= 0.3 is 0 Å². The van der Waals surface area contributed by atoms with Crippen LogP contribution in [0.5, 0.6) is 0 Å². The van der Waals surface area contributed by atoms with Crippen LogP contribution < -0.4 is 5.32 Å². The van der Waals surface area contributed by atoms with Gasteiger partial charge in [-0.1, -0.05) is 12.8 Å². The van der Waals surface area contributed by atoms with Crippen molar-refractivity contribution in [3.05, 3.63) is 0 Å². The van der Waals surface area contributed by atoms with Gasteiger partial charge in [0.1, 0.15) is 6.10 Å². The molecule has 3 atom stereocenters. The minimum absolute atomic E-state index is 0.166. The highest BCUT2D eigenvalue weighted by atomic mass is 16.5. The molecule has 0 radical (unpaired) electrons. The van der Waals surface area contributed by atoms with Crippen LogP contribution in [0, 0.1) is 5.92 Å². The largest absolute Gasteiger partial charge is 0.378 e. The molecule has 3 unspecified atom stereocenters. The number of rotatable bonds is 8. The molecule has 0 amide bonds. The van der Waals surface area contributed by atoms with Crippen LogP contribution >= 0.6 is 0 Å². The molecule has 2 saturated heterocycles. The molecule has 1 aliphatic carbocycles. The second kappa shape index (κ2) is 11.2. The minimum atomic E-state index is 0.166. The Kier molecular flexibility index (Phi) is 8.68. The second-order valence-electron chi connectivity index (χ2n) is 7.97. The summed E-state index contributed by atoms with van der Waals surface area (Å²) in [6, 6.07) is 0. The summed E-state index contributed by atoms with van der Waals surface area (Å²) >= 11 is 0. The molecule has 6 nitrogen and oxygen atoms in total. The summed E-state index contributed by atoms with van der Waals surface area (Å²) in [7, 11) is 0. The lowest BCUT2D eigenvalue weighted by Crippen LogP contribution is -2.53. The Bertz CT molecular complexity index is 448. The van der Waals surface area contributed by atoms with E-state index >= 15 is 0 Å². The summed E-state index contributed by atoms with van der Waals surface area (Å²) in [4.78, 5) is 7.30. The molecule has 3 rings (SSSR count). The maximum absolute atomic E-state index is 6.06. The molecule has 1 N–H and O–H groups in total. The first-order valence-electron chi connectivity index (χ1n) is 11.2. The smallest absolute Gasteiger partial charge is 0.194 e. The maximum atomic E-state index is 6.06. The number of hydrogen-bond donors (Lipinski definition) is 1. The molecule has 0 aromatic rings. The first-order chi connectivity index (χ1) is 13.3. The number of ether oxygens (including phenoxy) is 3. The highest BCUT2D eigenvalue weighted by Gasteiger charge is 2.32. The lowest BCUT2D eigenvalue weighted by molar-refractivity contribution is -0.0817. The van der Waals surface area contributed by atoms with Gasteiger partial charge in [-0.2, -0.15) is 0 Å². The van der Waals surface area contributed by atoms with Crippen molar-refractivity contribution in [1.82, 2.24) is 10.2 Å². The number of nitrogens with one attached hydrogen (secondary N) is 1. The zero-order valence-corrected chi connectivity index (χ0v) is 17.3. The molecule has 0 spiro atoms. The van der Waals surface area contributed by atoms with Gasteiger partial charge in [-0.15, -0.1) is 0 Å². The van der Waals surface area contributed by atoms with Crippen LogP contribution in [0.2, 0.25) is 0 Å². The molecule has 2 heterocycles. The van der Waals surface area contributed by atoms with E-state index < -0.39 is 0 Å². The molecule has 3 aliphatic rings. The summed E-state index contributed by atoms with van der Waals surface area (Å²) < 4.78 is 17.9. The van der Waals surface area contributed by atoms with Crippen molar-refractivity contribution in [3.63, 3.8) is 0 Å². The quantitative estimate of drug-likeness (QED) is 0.518. The Hall–Kier alpha value is -0.850. The Morgan fingerprint density at radius 2 is 1.93 bits per heavy atom. The third kappa shape index (κ3) is 6.06. The van der Waals surface area contributed by atoms with E-state index in [4.69, 9.17) is 19.2 Å². The third-order valence-electron chi connectivity index (χ3n) is 6.09. The van der Waals surface area contributed by atoms with Gasteiger partial charge in [0.05, 0.1) is 18.8 Å². The summed E-state index contributed by atoms with van der Waals surface area (Å²) in [6.45, 7) is 10.1. The van der Waals surface area contributed by atoms with E-state index in [0.29, 0.717) is 6.10 Å². The van der Waals surface area contributed by atoms with Crippen LogP contribution in [0.3, 0.4) is 0 Å². The van der Waals surface area contributed by atoms with Crippen LogP contribution in [-0.4, -0.2) is 75.2 Å². The fourth-order valence-electron chi connectivity index (χ4n) is 4.71. The van der Waals surface area contributed by atoms with Gasteiger partial charge in [0.25, 0.3) is 0 Å². The predicted molar refractivity (Wildman–Crippen MR) is 108 cm³/mol. The predicted octanol–water partition coefficient (Wildman–Crippen LogP) is 2.82. The van der Waals surface area contributed by atoms with Crippen molar-refractivity contribution >= 4 is 5.96 Å². The monoisotopic (exact) mass is 381 g/mol. The maximum Gasteiger partial charge on any atom is 0.194 e. The van der Waals surface area contributed by atoms with Crippen molar-refractivity contribution in [2.75, 3.05) is 46.0 Å². The lowest BCUT2D eigenvalue weighted by atomic mass is 9.98. The minimum Gasteiger partial charge on any atom is -0.378 e. The molecule has 27 heavy (non-hydrogen) atoms. The Labute approximate surface area is 165 Å². The molecular weight excluding hydrogens is 342 g/mol. The normalized spacial score (nSPS) is 28.7. The molecule has 3 fully saturated rings. The van der Waals surface area contributed by atoms with E-state index in [1.54, 1.807) is 0 Å². The highest BCUT2D eigenvalue weighted by molar-refractivity contribution is 5.80. The van der Waals surface area contributed by atoms with Crippen LogP contribution in [0.25, 0.3) is 0 Å². The summed E-state index contributed by atoms with van der Waals surface area (Å²) in [5.74, 6) is 1.75.